The molecule has 2 spiro atoms. The van der Waals surface area contributed by atoms with E-state index in [1.807, 2.05) is 14.0 Å². The fourth-order valence-electron chi connectivity index (χ4n) is 6.48. The highest BCUT2D eigenvalue weighted by molar-refractivity contribution is 6.41. The molecular formula is C25H29FN4O. The topological polar surface area (TPSA) is 72.9 Å². The van der Waals surface area contributed by atoms with E-state index >= 15 is 0 Å². The van der Waals surface area contributed by atoms with E-state index in [1.165, 1.54) is 17.8 Å². The predicted octanol–water partition coefficient (Wildman–Crippen LogP) is 4.50. The molecule has 31 heavy (non-hydrogen) atoms. The van der Waals surface area contributed by atoms with E-state index in [0.717, 1.165) is 41.8 Å². The number of aliphatic imine (C=N–C) groups is 2. The molecule has 5 rings (SSSR count). The summed E-state index contributed by atoms with van der Waals surface area (Å²) in [4.78, 5) is 14.5. The smallest absolute Gasteiger partial charge is 0.184 e. The second-order valence-corrected chi connectivity index (χ2v) is 9.62. The van der Waals surface area contributed by atoms with Gasteiger partial charge < -0.3 is 10.5 Å². The predicted molar refractivity (Wildman–Crippen MR) is 121 cm³/mol. The van der Waals surface area contributed by atoms with Gasteiger partial charge in [-0.25, -0.2) is 9.38 Å². The van der Waals surface area contributed by atoms with Crippen LogP contribution in [-0.4, -0.2) is 29.7 Å². The number of methoxy groups -OCH3 is 1. The molecule has 2 unspecified atom stereocenters. The number of rotatable bonds is 2. The maximum absolute atomic E-state index is 13.4. The molecule has 5 atom stereocenters. The summed E-state index contributed by atoms with van der Waals surface area (Å²) in [7, 11) is 1.81. The summed E-state index contributed by atoms with van der Waals surface area (Å²) in [6.07, 6.45) is 4.35. The number of pyridine rings is 1. The fraction of sp³-hybridized carbons (Fsp3) is 0.480. The van der Waals surface area contributed by atoms with Gasteiger partial charge in [-0.1, -0.05) is 26.0 Å². The first-order valence-corrected chi connectivity index (χ1v) is 11.0. The highest BCUT2D eigenvalue weighted by Crippen LogP contribution is 2.63. The Labute approximate surface area is 182 Å². The SMILES string of the molecule is COC1[C@H](C)CC2(Cc3ccc(-c4ccc(F)cn4)cc3[C@@]23N=C(C)C(N)=N3)C[C@@H]1C. The third-order valence-electron chi connectivity index (χ3n) is 7.58. The molecule has 1 saturated carbocycles. The zero-order valence-electron chi connectivity index (χ0n) is 18.5. The summed E-state index contributed by atoms with van der Waals surface area (Å²) in [6.45, 7) is 6.49. The van der Waals surface area contributed by atoms with Gasteiger partial charge in [-0.15, -0.1) is 0 Å². The first-order valence-electron chi connectivity index (χ1n) is 11.0. The maximum atomic E-state index is 13.4. The maximum Gasteiger partial charge on any atom is 0.184 e. The lowest BCUT2D eigenvalue weighted by Gasteiger charge is -2.49. The molecule has 6 heteroatoms. The van der Waals surface area contributed by atoms with Crippen molar-refractivity contribution in [3.63, 3.8) is 0 Å². The van der Waals surface area contributed by atoms with Crippen molar-refractivity contribution in [1.82, 2.24) is 4.98 Å². The van der Waals surface area contributed by atoms with Gasteiger partial charge in [0.15, 0.2) is 5.66 Å². The molecule has 2 aromatic rings. The quantitative estimate of drug-likeness (QED) is 0.778. The van der Waals surface area contributed by atoms with E-state index in [4.69, 9.17) is 20.5 Å². The summed E-state index contributed by atoms with van der Waals surface area (Å²) < 4.78 is 19.2. The Morgan fingerprint density at radius 3 is 2.42 bits per heavy atom. The fourth-order valence-corrected chi connectivity index (χ4v) is 6.48. The Bertz CT molecular complexity index is 1060. The van der Waals surface area contributed by atoms with Crippen LogP contribution in [0.5, 0.6) is 0 Å². The van der Waals surface area contributed by atoms with Crippen LogP contribution in [-0.2, 0) is 16.8 Å². The van der Waals surface area contributed by atoms with Gasteiger partial charge in [0.2, 0.25) is 0 Å². The molecule has 1 aliphatic heterocycles. The number of hydrogen-bond donors (Lipinski definition) is 1. The molecule has 3 aliphatic rings. The lowest BCUT2D eigenvalue weighted by molar-refractivity contribution is -0.0729. The molecule has 162 valence electrons. The summed E-state index contributed by atoms with van der Waals surface area (Å²) in [5, 5.41) is 0. The number of ether oxygens (including phenoxy) is 1. The molecule has 0 bridgehead atoms. The second-order valence-electron chi connectivity index (χ2n) is 9.62. The lowest BCUT2D eigenvalue weighted by atomic mass is 9.59. The molecule has 1 fully saturated rings. The monoisotopic (exact) mass is 420 g/mol. The Morgan fingerprint density at radius 1 is 1.10 bits per heavy atom. The van der Waals surface area contributed by atoms with Gasteiger partial charge in [0, 0.05) is 23.7 Å². The van der Waals surface area contributed by atoms with Crippen LogP contribution in [0.25, 0.3) is 11.3 Å². The summed E-state index contributed by atoms with van der Waals surface area (Å²) in [5.41, 5.74) is 10.3. The highest BCUT2D eigenvalue weighted by atomic mass is 19.1. The Morgan fingerprint density at radius 2 is 1.84 bits per heavy atom. The number of benzene rings is 1. The van der Waals surface area contributed by atoms with Crippen LogP contribution in [0.15, 0.2) is 46.5 Å². The summed E-state index contributed by atoms with van der Waals surface area (Å²) in [6, 6.07) is 9.53. The van der Waals surface area contributed by atoms with Crippen LogP contribution >= 0.6 is 0 Å². The highest BCUT2D eigenvalue weighted by Gasteiger charge is 2.62. The van der Waals surface area contributed by atoms with Crippen molar-refractivity contribution < 1.29 is 9.13 Å². The first-order chi connectivity index (χ1) is 14.8. The zero-order chi connectivity index (χ0) is 22.0. The van der Waals surface area contributed by atoms with Crippen LogP contribution in [0.1, 0.15) is 44.7 Å². The number of aromatic nitrogens is 1. The van der Waals surface area contributed by atoms with Gasteiger partial charge in [0.1, 0.15) is 11.7 Å². The molecule has 2 heterocycles. The van der Waals surface area contributed by atoms with Crippen molar-refractivity contribution in [3.8, 4) is 11.3 Å². The second kappa shape index (κ2) is 6.95. The number of fused-ring (bicyclic) bond motifs is 3. The number of nitrogens with two attached hydrogens (primary N) is 1. The van der Waals surface area contributed by atoms with Gasteiger partial charge >= 0.3 is 0 Å². The van der Waals surface area contributed by atoms with E-state index in [-0.39, 0.29) is 17.3 Å². The lowest BCUT2D eigenvalue weighted by Crippen LogP contribution is -2.49. The van der Waals surface area contributed by atoms with E-state index < -0.39 is 5.66 Å². The molecule has 0 saturated heterocycles. The van der Waals surface area contributed by atoms with E-state index in [9.17, 15) is 4.39 Å². The van der Waals surface area contributed by atoms with Crippen molar-refractivity contribution in [2.45, 2.75) is 51.8 Å². The van der Waals surface area contributed by atoms with Gasteiger partial charge in [0.25, 0.3) is 0 Å². The van der Waals surface area contributed by atoms with Crippen LogP contribution in [0.3, 0.4) is 0 Å². The largest absolute Gasteiger partial charge is 0.382 e. The first kappa shape index (κ1) is 20.3. The summed E-state index contributed by atoms with van der Waals surface area (Å²) in [5.74, 6) is 0.967. The van der Waals surface area contributed by atoms with Crippen LogP contribution in [0, 0.1) is 23.1 Å². The minimum Gasteiger partial charge on any atom is -0.382 e. The third-order valence-corrected chi connectivity index (χ3v) is 7.58. The Kier molecular flexibility index (Phi) is 4.56. The minimum atomic E-state index is -0.715. The van der Waals surface area contributed by atoms with E-state index in [1.54, 1.807) is 6.07 Å². The van der Waals surface area contributed by atoms with Gasteiger partial charge in [-0.3, -0.25) is 9.98 Å². The van der Waals surface area contributed by atoms with Crippen molar-refractivity contribution in [2.24, 2.45) is 33.0 Å². The molecule has 2 aliphatic carbocycles. The molecule has 5 nitrogen and oxygen atoms in total. The normalized spacial score (nSPS) is 34.2. The molecule has 1 aromatic heterocycles. The van der Waals surface area contributed by atoms with Gasteiger partial charge in [-0.05, 0) is 61.8 Å². The van der Waals surface area contributed by atoms with E-state index in [0.29, 0.717) is 17.7 Å². The Hall–Kier alpha value is -2.60. The standard InChI is InChI=1S/C25H29FN4O/c1-14-10-24(11-15(2)22(14)31-4)12-18-6-5-17(21-8-7-19(26)13-28-21)9-20(18)25(24)29-16(3)23(27)30-25/h5-9,13-15,22H,10-12H2,1-4H3,(H2,27,30)/t14-,15+,22?,24?,25-/m0/s1. The average Bonchev–Trinajstić information content (AvgIpc) is 3.16. The van der Waals surface area contributed by atoms with Gasteiger partial charge in [-0.2, -0.15) is 0 Å². The molecule has 1 aromatic carbocycles. The van der Waals surface area contributed by atoms with Crippen LogP contribution in [0.4, 0.5) is 4.39 Å². The summed E-state index contributed by atoms with van der Waals surface area (Å²) >= 11 is 0. The molecule has 2 N–H and O–H groups in total. The average molecular weight is 421 g/mol. The van der Waals surface area contributed by atoms with Crippen LogP contribution < -0.4 is 5.73 Å². The number of hydrogen-bond acceptors (Lipinski definition) is 5. The van der Waals surface area contributed by atoms with Crippen LogP contribution in [0.2, 0.25) is 0 Å². The number of nitrogens with zero attached hydrogens (tertiary/aromatic N) is 3. The minimum absolute atomic E-state index is 0.138. The molecule has 0 radical (unpaired) electrons. The Balaban J connectivity index is 1.67. The zero-order valence-corrected chi connectivity index (χ0v) is 18.5. The van der Waals surface area contributed by atoms with Gasteiger partial charge in [0.05, 0.1) is 23.7 Å². The molecule has 0 amide bonds. The van der Waals surface area contributed by atoms with Crippen molar-refractivity contribution in [2.75, 3.05) is 7.11 Å². The third kappa shape index (κ3) is 2.88. The molecular weight excluding hydrogens is 391 g/mol. The number of halogens is 1. The van der Waals surface area contributed by atoms with Crippen molar-refractivity contribution in [3.05, 3.63) is 53.5 Å². The van der Waals surface area contributed by atoms with Crippen molar-refractivity contribution >= 4 is 11.5 Å². The van der Waals surface area contributed by atoms with Crippen molar-refractivity contribution in [1.29, 1.82) is 0 Å². The van der Waals surface area contributed by atoms with E-state index in [2.05, 4.69) is 37.0 Å². The number of amidine groups is 1.